The zero-order valence-electron chi connectivity index (χ0n) is 9.61. The van der Waals surface area contributed by atoms with Crippen LogP contribution in [0.1, 0.15) is 51.0 Å². The number of aryl methyl sites for hydroxylation is 1. The summed E-state index contributed by atoms with van der Waals surface area (Å²) in [5, 5.41) is 14.0. The largest absolute Gasteiger partial charge is 0.393 e. The highest BCUT2D eigenvalue weighted by molar-refractivity contribution is 7.07. The van der Waals surface area contributed by atoms with Gasteiger partial charge >= 0.3 is 0 Å². The smallest absolute Gasteiger partial charge is 0.0543 e. The van der Waals surface area contributed by atoms with Crippen molar-refractivity contribution in [2.45, 2.75) is 58.0 Å². The lowest BCUT2D eigenvalue weighted by atomic mass is 10.0. The molecule has 15 heavy (non-hydrogen) atoms. The molecule has 1 aromatic heterocycles. The topological polar surface area (TPSA) is 20.2 Å². The van der Waals surface area contributed by atoms with E-state index in [2.05, 4.69) is 23.8 Å². The number of rotatable bonds is 8. The zero-order chi connectivity index (χ0) is 10.9. The highest BCUT2D eigenvalue weighted by Gasteiger charge is 2.04. The summed E-state index contributed by atoms with van der Waals surface area (Å²) in [6.45, 7) is 2.22. The Morgan fingerprint density at radius 1 is 1.27 bits per heavy atom. The summed E-state index contributed by atoms with van der Waals surface area (Å²) in [5.41, 5.74) is 1.37. The minimum absolute atomic E-state index is 0.0956. The molecule has 0 spiro atoms. The summed E-state index contributed by atoms with van der Waals surface area (Å²) in [7, 11) is 0. The lowest BCUT2D eigenvalue weighted by molar-refractivity contribution is 0.151. The Bertz CT molecular complexity index is 231. The van der Waals surface area contributed by atoms with Gasteiger partial charge in [-0.2, -0.15) is 11.3 Å². The van der Waals surface area contributed by atoms with Crippen molar-refractivity contribution in [1.82, 2.24) is 0 Å². The molecule has 1 nitrogen and oxygen atoms in total. The van der Waals surface area contributed by atoms with E-state index in [4.69, 9.17) is 0 Å². The number of hydrogen-bond acceptors (Lipinski definition) is 2. The first-order chi connectivity index (χ1) is 7.33. The van der Waals surface area contributed by atoms with Gasteiger partial charge in [0.15, 0.2) is 0 Å². The normalized spacial score (nSPS) is 12.9. The molecule has 0 saturated carbocycles. The van der Waals surface area contributed by atoms with Crippen LogP contribution in [0.15, 0.2) is 16.8 Å². The van der Waals surface area contributed by atoms with Gasteiger partial charge in [-0.05, 0) is 41.7 Å². The minimum Gasteiger partial charge on any atom is -0.393 e. The van der Waals surface area contributed by atoms with Crippen molar-refractivity contribution in [3.8, 4) is 0 Å². The molecule has 0 saturated heterocycles. The van der Waals surface area contributed by atoms with Crippen LogP contribution in [0.25, 0.3) is 0 Å². The molecule has 1 N–H and O–H groups in total. The first-order valence-electron chi connectivity index (χ1n) is 6.02. The number of unbranched alkanes of at least 4 members (excludes halogenated alkanes) is 3. The highest BCUT2D eigenvalue weighted by Crippen LogP contribution is 2.13. The summed E-state index contributed by atoms with van der Waals surface area (Å²) in [6.07, 6.45) is 7.85. The number of aliphatic hydroxyl groups excluding tert-OH is 1. The standard InChI is InChI=1S/C13H22OS/c1-2-3-4-5-6-13(14)8-7-12-9-10-15-11-12/h9-11,13-14H,2-8H2,1H3. The van der Waals surface area contributed by atoms with Gasteiger partial charge in [0.05, 0.1) is 6.10 Å². The number of thiophene rings is 1. The van der Waals surface area contributed by atoms with Gasteiger partial charge in [0.2, 0.25) is 0 Å². The van der Waals surface area contributed by atoms with E-state index < -0.39 is 0 Å². The van der Waals surface area contributed by atoms with Crippen LogP contribution in [0.3, 0.4) is 0 Å². The van der Waals surface area contributed by atoms with Gasteiger partial charge in [-0.1, -0.05) is 32.6 Å². The maximum Gasteiger partial charge on any atom is 0.0543 e. The maximum atomic E-state index is 9.75. The maximum absolute atomic E-state index is 9.75. The van der Waals surface area contributed by atoms with Crippen LogP contribution >= 0.6 is 11.3 Å². The molecule has 1 aromatic rings. The fraction of sp³-hybridized carbons (Fsp3) is 0.692. The molecule has 0 fully saturated rings. The molecule has 2 heteroatoms. The van der Waals surface area contributed by atoms with Crippen molar-refractivity contribution in [3.63, 3.8) is 0 Å². The van der Waals surface area contributed by atoms with E-state index >= 15 is 0 Å². The molecule has 1 unspecified atom stereocenters. The highest BCUT2D eigenvalue weighted by atomic mass is 32.1. The molecule has 0 aromatic carbocycles. The summed E-state index contributed by atoms with van der Waals surface area (Å²) in [4.78, 5) is 0. The summed E-state index contributed by atoms with van der Waals surface area (Å²) in [6, 6.07) is 2.15. The molecule has 86 valence electrons. The predicted octanol–water partition coefficient (Wildman–Crippen LogP) is 4.01. The Labute approximate surface area is 97.2 Å². The Morgan fingerprint density at radius 3 is 2.80 bits per heavy atom. The molecule has 0 aliphatic heterocycles. The van der Waals surface area contributed by atoms with Gasteiger partial charge in [0.25, 0.3) is 0 Å². The van der Waals surface area contributed by atoms with Crippen LogP contribution in [-0.2, 0) is 6.42 Å². The molecular formula is C13H22OS. The molecule has 1 rings (SSSR count). The Hall–Kier alpha value is -0.340. The lowest BCUT2D eigenvalue weighted by Crippen LogP contribution is -2.07. The van der Waals surface area contributed by atoms with Crippen molar-refractivity contribution in [3.05, 3.63) is 22.4 Å². The van der Waals surface area contributed by atoms with E-state index in [0.29, 0.717) is 0 Å². The van der Waals surface area contributed by atoms with Gasteiger partial charge in [-0.3, -0.25) is 0 Å². The first kappa shape index (κ1) is 12.7. The first-order valence-corrected chi connectivity index (χ1v) is 6.96. The average Bonchev–Trinajstić information content (AvgIpc) is 2.74. The van der Waals surface area contributed by atoms with Crippen LogP contribution in [0.5, 0.6) is 0 Å². The number of aliphatic hydroxyl groups is 1. The quantitative estimate of drug-likeness (QED) is 0.664. The van der Waals surface area contributed by atoms with E-state index in [-0.39, 0.29) is 6.10 Å². The second kappa shape index (κ2) is 7.89. The summed E-state index contributed by atoms with van der Waals surface area (Å²) in [5.74, 6) is 0. The van der Waals surface area contributed by atoms with Crippen molar-refractivity contribution < 1.29 is 5.11 Å². The van der Waals surface area contributed by atoms with Crippen LogP contribution in [0, 0.1) is 0 Å². The van der Waals surface area contributed by atoms with E-state index in [1.807, 2.05) is 0 Å². The Balaban J connectivity index is 2.01. The molecule has 0 amide bonds. The Kier molecular flexibility index (Phi) is 6.69. The average molecular weight is 226 g/mol. The minimum atomic E-state index is -0.0956. The Morgan fingerprint density at radius 2 is 2.13 bits per heavy atom. The monoisotopic (exact) mass is 226 g/mol. The van der Waals surface area contributed by atoms with E-state index in [1.54, 1.807) is 11.3 Å². The fourth-order valence-corrected chi connectivity index (χ4v) is 2.42. The van der Waals surface area contributed by atoms with E-state index in [9.17, 15) is 5.11 Å². The molecule has 1 heterocycles. The van der Waals surface area contributed by atoms with Gasteiger partial charge in [-0.25, -0.2) is 0 Å². The van der Waals surface area contributed by atoms with Crippen LogP contribution in [-0.4, -0.2) is 11.2 Å². The summed E-state index contributed by atoms with van der Waals surface area (Å²) < 4.78 is 0. The molecular weight excluding hydrogens is 204 g/mol. The van der Waals surface area contributed by atoms with Gasteiger partial charge in [0.1, 0.15) is 0 Å². The van der Waals surface area contributed by atoms with Crippen molar-refractivity contribution in [2.75, 3.05) is 0 Å². The molecule has 0 bridgehead atoms. The van der Waals surface area contributed by atoms with Crippen LogP contribution in [0.4, 0.5) is 0 Å². The third-order valence-corrected chi connectivity index (χ3v) is 3.47. The zero-order valence-corrected chi connectivity index (χ0v) is 10.4. The van der Waals surface area contributed by atoms with Crippen LogP contribution < -0.4 is 0 Å². The lowest BCUT2D eigenvalue weighted by Gasteiger charge is -2.09. The van der Waals surface area contributed by atoms with Crippen molar-refractivity contribution in [1.29, 1.82) is 0 Å². The third-order valence-electron chi connectivity index (χ3n) is 2.74. The van der Waals surface area contributed by atoms with Crippen molar-refractivity contribution >= 4 is 11.3 Å². The van der Waals surface area contributed by atoms with Gasteiger partial charge in [-0.15, -0.1) is 0 Å². The molecule has 1 atom stereocenters. The molecule has 0 radical (unpaired) electrons. The summed E-state index contributed by atoms with van der Waals surface area (Å²) >= 11 is 1.73. The second-order valence-corrected chi connectivity index (χ2v) is 4.95. The molecule has 0 aliphatic carbocycles. The van der Waals surface area contributed by atoms with Gasteiger partial charge < -0.3 is 5.11 Å². The van der Waals surface area contributed by atoms with Crippen LogP contribution in [0.2, 0.25) is 0 Å². The molecule has 0 aliphatic rings. The third kappa shape index (κ3) is 5.95. The second-order valence-electron chi connectivity index (χ2n) is 4.17. The SMILES string of the molecule is CCCCCCC(O)CCc1ccsc1. The van der Waals surface area contributed by atoms with E-state index in [0.717, 1.165) is 19.3 Å². The number of hydrogen-bond donors (Lipinski definition) is 1. The van der Waals surface area contributed by atoms with Crippen molar-refractivity contribution in [2.24, 2.45) is 0 Å². The van der Waals surface area contributed by atoms with Gasteiger partial charge in [0, 0.05) is 0 Å². The predicted molar refractivity (Wildman–Crippen MR) is 67.4 cm³/mol. The fourth-order valence-electron chi connectivity index (χ4n) is 1.72. The van der Waals surface area contributed by atoms with E-state index in [1.165, 1.54) is 31.2 Å².